The summed E-state index contributed by atoms with van der Waals surface area (Å²) >= 11 is 0. The Morgan fingerprint density at radius 3 is 2.80 bits per heavy atom. The average molecular weight is 281 g/mol. The molecule has 0 unspecified atom stereocenters. The lowest BCUT2D eigenvalue weighted by Gasteiger charge is -2.32. The topological polar surface area (TPSA) is 93.4 Å². The first kappa shape index (κ1) is 14.4. The van der Waals surface area contributed by atoms with Crippen LogP contribution >= 0.6 is 0 Å². The van der Waals surface area contributed by atoms with Gasteiger partial charge in [-0.15, -0.1) is 0 Å². The molecule has 0 spiro atoms. The molecule has 0 aliphatic carbocycles. The smallest absolute Gasteiger partial charge is 0.329 e. The number of hydrogen-bond acceptors (Lipinski definition) is 7. The zero-order valence-electron chi connectivity index (χ0n) is 11.7. The van der Waals surface area contributed by atoms with E-state index in [9.17, 15) is 10.1 Å². The van der Waals surface area contributed by atoms with E-state index in [1.165, 1.54) is 6.20 Å². The van der Waals surface area contributed by atoms with Gasteiger partial charge in [0.1, 0.15) is 6.20 Å². The lowest BCUT2D eigenvalue weighted by molar-refractivity contribution is -0.384. The van der Waals surface area contributed by atoms with Gasteiger partial charge in [-0.2, -0.15) is 4.98 Å². The Morgan fingerprint density at radius 1 is 1.55 bits per heavy atom. The standard InChI is InChI=1S/C12H19N5O3/c1-3-20-9-4-6-16(7-5-9)11-10(17(18)19)8-14-12(13-2)15-11/h8-9H,3-7H2,1-2H3,(H,13,14,15). The van der Waals surface area contributed by atoms with Gasteiger partial charge in [0, 0.05) is 26.7 Å². The zero-order valence-corrected chi connectivity index (χ0v) is 11.7. The van der Waals surface area contributed by atoms with Gasteiger partial charge < -0.3 is 15.0 Å². The highest BCUT2D eigenvalue weighted by Gasteiger charge is 2.27. The number of nitrogens with zero attached hydrogens (tertiary/aromatic N) is 4. The van der Waals surface area contributed by atoms with Crippen LogP contribution in [0.5, 0.6) is 0 Å². The van der Waals surface area contributed by atoms with E-state index < -0.39 is 4.92 Å². The summed E-state index contributed by atoms with van der Waals surface area (Å²) in [5.41, 5.74) is -0.0566. The van der Waals surface area contributed by atoms with Gasteiger partial charge in [0.25, 0.3) is 0 Å². The molecule has 1 N–H and O–H groups in total. The summed E-state index contributed by atoms with van der Waals surface area (Å²) in [6.07, 6.45) is 3.19. The second-order valence-electron chi connectivity index (χ2n) is 4.55. The molecule has 0 atom stereocenters. The molecule has 2 rings (SSSR count). The highest BCUT2D eigenvalue weighted by molar-refractivity contribution is 5.59. The highest BCUT2D eigenvalue weighted by Crippen LogP contribution is 2.28. The van der Waals surface area contributed by atoms with Crippen LogP contribution in [0.1, 0.15) is 19.8 Å². The molecule has 20 heavy (non-hydrogen) atoms. The van der Waals surface area contributed by atoms with Crippen molar-refractivity contribution in [2.45, 2.75) is 25.9 Å². The van der Waals surface area contributed by atoms with E-state index in [4.69, 9.17) is 4.74 Å². The van der Waals surface area contributed by atoms with E-state index in [0.717, 1.165) is 12.8 Å². The second-order valence-corrected chi connectivity index (χ2v) is 4.55. The zero-order chi connectivity index (χ0) is 14.5. The lowest BCUT2D eigenvalue weighted by atomic mass is 10.1. The third-order valence-corrected chi connectivity index (χ3v) is 3.31. The van der Waals surface area contributed by atoms with E-state index in [-0.39, 0.29) is 11.8 Å². The minimum absolute atomic E-state index is 0.0566. The van der Waals surface area contributed by atoms with Crippen molar-refractivity contribution in [3.05, 3.63) is 16.3 Å². The number of ether oxygens (including phenoxy) is 1. The Labute approximate surface area is 117 Å². The van der Waals surface area contributed by atoms with Crippen LogP contribution in [0.2, 0.25) is 0 Å². The van der Waals surface area contributed by atoms with Crippen molar-refractivity contribution in [3.8, 4) is 0 Å². The Balaban J connectivity index is 2.17. The van der Waals surface area contributed by atoms with Crippen molar-refractivity contribution in [2.75, 3.05) is 37.0 Å². The predicted octanol–water partition coefficient (Wildman–Crippen LogP) is 1.43. The summed E-state index contributed by atoms with van der Waals surface area (Å²) in [6.45, 7) is 4.07. The maximum absolute atomic E-state index is 11.1. The molecule has 0 aromatic carbocycles. The van der Waals surface area contributed by atoms with Crippen LogP contribution < -0.4 is 10.2 Å². The molecule has 1 aliphatic rings. The molecule has 0 bridgehead atoms. The fourth-order valence-electron chi connectivity index (χ4n) is 2.32. The minimum atomic E-state index is -0.441. The third kappa shape index (κ3) is 3.13. The average Bonchev–Trinajstić information content (AvgIpc) is 2.47. The molecule has 8 nitrogen and oxygen atoms in total. The van der Waals surface area contributed by atoms with E-state index >= 15 is 0 Å². The highest BCUT2D eigenvalue weighted by atomic mass is 16.6. The first-order valence-electron chi connectivity index (χ1n) is 6.71. The Kier molecular flexibility index (Phi) is 4.67. The van der Waals surface area contributed by atoms with Crippen LogP contribution in [-0.2, 0) is 4.74 Å². The summed E-state index contributed by atoms with van der Waals surface area (Å²) in [4.78, 5) is 20.7. The van der Waals surface area contributed by atoms with E-state index in [2.05, 4.69) is 15.3 Å². The van der Waals surface area contributed by atoms with Crippen molar-refractivity contribution in [2.24, 2.45) is 0 Å². The molecule has 1 fully saturated rings. The SMILES string of the molecule is CCOC1CCN(c2nc(NC)ncc2[N+](=O)[O-])CC1. The van der Waals surface area contributed by atoms with Gasteiger partial charge in [0.05, 0.1) is 11.0 Å². The van der Waals surface area contributed by atoms with Crippen LogP contribution in [0, 0.1) is 10.1 Å². The van der Waals surface area contributed by atoms with Gasteiger partial charge in [-0.3, -0.25) is 10.1 Å². The third-order valence-electron chi connectivity index (χ3n) is 3.31. The monoisotopic (exact) mass is 281 g/mol. The Hall–Kier alpha value is -1.96. The number of rotatable bonds is 5. The summed E-state index contributed by atoms with van der Waals surface area (Å²) in [5, 5.41) is 13.9. The Bertz CT molecular complexity index is 474. The number of aromatic nitrogens is 2. The van der Waals surface area contributed by atoms with Gasteiger partial charge in [-0.25, -0.2) is 4.98 Å². The van der Waals surface area contributed by atoms with Crippen molar-refractivity contribution in [1.29, 1.82) is 0 Å². The van der Waals surface area contributed by atoms with Crippen LogP contribution in [0.15, 0.2) is 6.20 Å². The number of hydrogen-bond donors (Lipinski definition) is 1. The number of piperidine rings is 1. The molecule has 1 saturated heterocycles. The summed E-state index contributed by atoms with van der Waals surface area (Å²) < 4.78 is 5.58. The molecule has 110 valence electrons. The van der Waals surface area contributed by atoms with Gasteiger partial charge in [0.15, 0.2) is 0 Å². The van der Waals surface area contributed by atoms with Gasteiger partial charge >= 0.3 is 5.69 Å². The number of nitro groups is 1. The fraction of sp³-hybridized carbons (Fsp3) is 0.667. The van der Waals surface area contributed by atoms with Crippen molar-refractivity contribution in [3.63, 3.8) is 0 Å². The fourth-order valence-corrected chi connectivity index (χ4v) is 2.32. The molecule has 1 aromatic heterocycles. The molecule has 0 saturated carbocycles. The van der Waals surface area contributed by atoms with Crippen LogP contribution in [-0.4, -0.2) is 47.7 Å². The molecule has 0 amide bonds. The molecule has 1 aromatic rings. The molecular formula is C12H19N5O3. The van der Waals surface area contributed by atoms with Crippen molar-refractivity contribution in [1.82, 2.24) is 9.97 Å². The largest absolute Gasteiger partial charge is 0.378 e. The van der Waals surface area contributed by atoms with E-state index in [0.29, 0.717) is 31.5 Å². The first-order chi connectivity index (χ1) is 9.65. The number of nitrogens with one attached hydrogen (secondary N) is 1. The molecule has 1 aliphatic heterocycles. The summed E-state index contributed by atoms with van der Waals surface area (Å²) in [5.74, 6) is 0.766. The van der Waals surface area contributed by atoms with E-state index in [1.54, 1.807) is 7.05 Å². The molecule has 2 heterocycles. The van der Waals surface area contributed by atoms with Crippen molar-refractivity contribution < 1.29 is 9.66 Å². The van der Waals surface area contributed by atoms with Crippen LogP contribution in [0.3, 0.4) is 0 Å². The van der Waals surface area contributed by atoms with Gasteiger partial charge in [-0.1, -0.05) is 0 Å². The van der Waals surface area contributed by atoms with Crippen molar-refractivity contribution >= 4 is 17.5 Å². The minimum Gasteiger partial charge on any atom is -0.378 e. The van der Waals surface area contributed by atoms with Gasteiger partial charge in [0.2, 0.25) is 11.8 Å². The summed E-state index contributed by atoms with van der Waals surface area (Å²) in [6, 6.07) is 0. The maximum Gasteiger partial charge on any atom is 0.329 e. The van der Waals surface area contributed by atoms with Gasteiger partial charge in [-0.05, 0) is 19.8 Å². The maximum atomic E-state index is 11.1. The van der Waals surface area contributed by atoms with Crippen LogP contribution in [0.25, 0.3) is 0 Å². The molecule has 8 heteroatoms. The normalized spacial score (nSPS) is 16.2. The molecule has 0 radical (unpaired) electrons. The summed E-state index contributed by atoms with van der Waals surface area (Å²) in [7, 11) is 1.69. The molecular weight excluding hydrogens is 262 g/mol. The quantitative estimate of drug-likeness (QED) is 0.644. The predicted molar refractivity (Wildman–Crippen MR) is 75.1 cm³/mol. The lowest BCUT2D eigenvalue weighted by Crippen LogP contribution is -2.38. The van der Waals surface area contributed by atoms with Crippen LogP contribution in [0.4, 0.5) is 17.5 Å². The van der Waals surface area contributed by atoms with E-state index in [1.807, 2.05) is 11.8 Å². The number of anilines is 2. The Morgan fingerprint density at radius 2 is 2.25 bits per heavy atom. The second kappa shape index (κ2) is 6.47. The first-order valence-corrected chi connectivity index (χ1v) is 6.71.